The fourth-order valence-electron chi connectivity index (χ4n) is 3.47. The Morgan fingerprint density at radius 2 is 1.58 bits per heavy atom. The van der Waals surface area contributed by atoms with Crippen LogP contribution in [0.4, 0.5) is 0 Å². The summed E-state index contributed by atoms with van der Waals surface area (Å²) in [6, 6.07) is 0. The molecular formula is C14H28N2O2S. The normalized spacial score (nSPS) is 24.7. The predicted molar refractivity (Wildman–Crippen MR) is 78.3 cm³/mol. The van der Waals surface area contributed by atoms with Gasteiger partial charge in [-0.15, -0.1) is 0 Å². The number of hydrogen-bond acceptors (Lipinski definition) is 3. The van der Waals surface area contributed by atoms with Gasteiger partial charge in [0.05, 0.1) is 5.75 Å². The lowest BCUT2D eigenvalue weighted by Crippen LogP contribution is -2.41. The van der Waals surface area contributed by atoms with Gasteiger partial charge in [-0.3, -0.25) is 0 Å². The smallest absolute Gasteiger partial charge is 0.214 e. The van der Waals surface area contributed by atoms with Crippen LogP contribution < -0.4 is 5.73 Å². The van der Waals surface area contributed by atoms with Crippen LogP contribution in [0.5, 0.6) is 0 Å². The van der Waals surface area contributed by atoms with Crippen LogP contribution >= 0.6 is 0 Å². The Morgan fingerprint density at radius 3 is 2.16 bits per heavy atom. The van der Waals surface area contributed by atoms with Crippen molar-refractivity contribution in [2.45, 2.75) is 51.4 Å². The van der Waals surface area contributed by atoms with Gasteiger partial charge >= 0.3 is 0 Å². The third-order valence-corrected chi connectivity index (χ3v) is 6.76. The molecular weight excluding hydrogens is 260 g/mol. The molecule has 0 aromatic heterocycles. The van der Waals surface area contributed by atoms with Gasteiger partial charge in [0.25, 0.3) is 0 Å². The molecule has 0 bridgehead atoms. The van der Waals surface area contributed by atoms with Crippen molar-refractivity contribution in [1.29, 1.82) is 0 Å². The average Bonchev–Trinajstić information content (AvgIpc) is 2.40. The third kappa shape index (κ3) is 4.43. The first-order valence-corrected chi connectivity index (χ1v) is 9.40. The van der Waals surface area contributed by atoms with Crippen LogP contribution in [-0.4, -0.2) is 38.1 Å². The van der Waals surface area contributed by atoms with Crippen LogP contribution in [0.1, 0.15) is 51.4 Å². The van der Waals surface area contributed by atoms with Crippen molar-refractivity contribution in [3.63, 3.8) is 0 Å². The number of nitrogens with zero attached hydrogens (tertiary/aromatic N) is 1. The maximum atomic E-state index is 12.4. The summed E-state index contributed by atoms with van der Waals surface area (Å²) < 4.78 is 26.6. The molecule has 2 fully saturated rings. The van der Waals surface area contributed by atoms with E-state index in [-0.39, 0.29) is 0 Å². The van der Waals surface area contributed by atoms with Gasteiger partial charge in [0.2, 0.25) is 10.0 Å². The minimum Gasteiger partial charge on any atom is -0.330 e. The molecule has 0 spiro atoms. The number of hydrogen-bond donors (Lipinski definition) is 1. The van der Waals surface area contributed by atoms with Crippen LogP contribution in [0, 0.1) is 11.8 Å². The van der Waals surface area contributed by atoms with Crippen molar-refractivity contribution >= 4 is 10.0 Å². The van der Waals surface area contributed by atoms with E-state index >= 15 is 0 Å². The lowest BCUT2D eigenvalue weighted by molar-refractivity contribution is 0.263. The molecule has 2 aliphatic rings. The molecule has 0 aromatic rings. The first-order valence-electron chi connectivity index (χ1n) is 7.79. The zero-order valence-electron chi connectivity index (χ0n) is 11.9. The standard InChI is InChI=1S/C14H28N2O2S/c15-9-6-13-7-10-16(11-8-13)19(17,18)12-14-4-2-1-3-5-14/h13-14H,1-12,15H2. The summed E-state index contributed by atoms with van der Waals surface area (Å²) in [4.78, 5) is 0. The first kappa shape index (κ1) is 15.3. The van der Waals surface area contributed by atoms with E-state index < -0.39 is 10.0 Å². The van der Waals surface area contributed by atoms with Gasteiger partial charge in [0.1, 0.15) is 0 Å². The van der Waals surface area contributed by atoms with E-state index in [0.717, 1.165) is 38.6 Å². The van der Waals surface area contributed by atoms with Crippen LogP contribution in [0.25, 0.3) is 0 Å². The Morgan fingerprint density at radius 1 is 0.947 bits per heavy atom. The van der Waals surface area contributed by atoms with Crippen LogP contribution in [0.3, 0.4) is 0 Å². The molecule has 1 saturated heterocycles. The van der Waals surface area contributed by atoms with Gasteiger partial charge in [-0.25, -0.2) is 12.7 Å². The van der Waals surface area contributed by atoms with Gasteiger partial charge < -0.3 is 5.73 Å². The maximum absolute atomic E-state index is 12.4. The van der Waals surface area contributed by atoms with Crippen molar-refractivity contribution in [1.82, 2.24) is 4.31 Å². The zero-order chi connectivity index (χ0) is 13.7. The molecule has 4 nitrogen and oxygen atoms in total. The summed E-state index contributed by atoms with van der Waals surface area (Å²) in [5, 5.41) is 0. The first-order chi connectivity index (χ1) is 9.12. The van der Waals surface area contributed by atoms with Gasteiger partial charge in [-0.2, -0.15) is 0 Å². The van der Waals surface area contributed by atoms with Crippen molar-refractivity contribution in [3.8, 4) is 0 Å². The Balaban J connectivity index is 1.83. The highest BCUT2D eigenvalue weighted by atomic mass is 32.2. The van der Waals surface area contributed by atoms with Gasteiger partial charge in [0, 0.05) is 13.1 Å². The molecule has 0 unspecified atom stereocenters. The zero-order valence-corrected chi connectivity index (χ0v) is 12.7. The molecule has 0 radical (unpaired) electrons. The summed E-state index contributed by atoms with van der Waals surface area (Å²) in [7, 11) is -3.02. The Hall–Kier alpha value is -0.130. The lowest BCUT2D eigenvalue weighted by Gasteiger charge is -2.32. The molecule has 2 N–H and O–H groups in total. The predicted octanol–water partition coefficient (Wildman–Crippen LogP) is 1.96. The summed E-state index contributed by atoms with van der Waals surface area (Å²) in [5.74, 6) is 1.42. The fraction of sp³-hybridized carbons (Fsp3) is 1.00. The molecule has 1 aliphatic carbocycles. The SMILES string of the molecule is NCCC1CCN(S(=O)(=O)CC2CCCCC2)CC1. The highest BCUT2D eigenvalue weighted by Gasteiger charge is 2.30. The summed E-state index contributed by atoms with van der Waals surface area (Å²) in [6.07, 6.45) is 8.91. The second-order valence-corrected chi connectivity index (χ2v) is 8.22. The molecule has 1 heterocycles. The van der Waals surface area contributed by atoms with E-state index in [1.165, 1.54) is 19.3 Å². The van der Waals surface area contributed by atoms with E-state index in [4.69, 9.17) is 5.73 Å². The summed E-state index contributed by atoms with van der Waals surface area (Å²) in [6.45, 7) is 2.14. The molecule has 5 heteroatoms. The van der Waals surface area contributed by atoms with Crippen LogP contribution in [0.2, 0.25) is 0 Å². The number of rotatable bonds is 5. The average molecular weight is 288 g/mol. The monoisotopic (exact) mass is 288 g/mol. The van der Waals surface area contributed by atoms with Crippen molar-refractivity contribution in [2.75, 3.05) is 25.4 Å². The van der Waals surface area contributed by atoms with Crippen molar-refractivity contribution < 1.29 is 8.42 Å². The van der Waals surface area contributed by atoms with Crippen molar-refractivity contribution in [2.24, 2.45) is 17.6 Å². The molecule has 0 amide bonds. The molecule has 2 rings (SSSR count). The second-order valence-electron chi connectivity index (χ2n) is 6.20. The quantitative estimate of drug-likeness (QED) is 0.841. The number of sulfonamides is 1. The van der Waals surface area contributed by atoms with Crippen molar-refractivity contribution in [3.05, 3.63) is 0 Å². The van der Waals surface area contributed by atoms with Crippen LogP contribution in [-0.2, 0) is 10.0 Å². The molecule has 1 aliphatic heterocycles. The van der Waals surface area contributed by atoms with E-state index in [9.17, 15) is 8.42 Å². The lowest BCUT2D eigenvalue weighted by atomic mass is 9.91. The van der Waals surface area contributed by atoms with Gasteiger partial charge in [-0.1, -0.05) is 19.3 Å². The largest absolute Gasteiger partial charge is 0.330 e. The molecule has 1 saturated carbocycles. The summed E-state index contributed by atoms with van der Waals surface area (Å²) >= 11 is 0. The summed E-state index contributed by atoms with van der Waals surface area (Å²) in [5.41, 5.74) is 5.57. The Bertz CT molecular complexity index is 356. The second kappa shape index (κ2) is 7.04. The molecule has 0 atom stereocenters. The van der Waals surface area contributed by atoms with E-state index in [0.29, 0.717) is 30.7 Å². The van der Waals surface area contributed by atoms with E-state index in [1.54, 1.807) is 4.31 Å². The molecule has 19 heavy (non-hydrogen) atoms. The van der Waals surface area contributed by atoms with Crippen LogP contribution in [0.15, 0.2) is 0 Å². The maximum Gasteiger partial charge on any atom is 0.214 e. The Labute approximate surface area is 117 Å². The number of piperidine rings is 1. The highest BCUT2D eigenvalue weighted by Crippen LogP contribution is 2.28. The molecule has 112 valence electrons. The Kier molecular flexibility index (Phi) is 5.66. The number of nitrogens with two attached hydrogens (primary N) is 1. The highest BCUT2D eigenvalue weighted by molar-refractivity contribution is 7.89. The third-order valence-electron chi connectivity index (χ3n) is 4.71. The van der Waals surface area contributed by atoms with Gasteiger partial charge in [-0.05, 0) is 50.5 Å². The minimum atomic E-state index is -3.02. The topological polar surface area (TPSA) is 63.4 Å². The fourth-order valence-corrected chi connectivity index (χ4v) is 5.38. The minimum absolute atomic E-state index is 0.383. The van der Waals surface area contributed by atoms with E-state index in [2.05, 4.69) is 0 Å². The molecule has 0 aromatic carbocycles. The van der Waals surface area contributed by atoms with E-state index in [1.807, 2.05) is 0 Å². The van der Waals surface area contributed by atoms with Gasteiger partial charge in [0.15, 0.2) is 0 Å².